The van der Waals surface area contributed by atoms with Gasteiger partial charge in [0.05, 0.1) is 0 Å². The van der Waals surface area contributed by atoms with Gasteiger partial charge in [0.15, 0.2) is 0 Å². The highest BCUT2D eigenvalue weighted by atomic mass is 16.2. The van der Waals surface area contributed by atoms with Gasteiger partial charge in [0.25, 0.3) is 11.8 Å². The van der Waals surface area contributed by atoms with Crippen molar-refractivity contribution in [2.45, 2.75) is 26.2 Å². The van der Waals surface area contributed by atoms with E-state index in [-0.39, 0.29) is 11.8 Å². The standard InChI is InChI=1S/C16H16N2O2/c1-3-5-12-6-7-13(11(2)10-12)14-15(19)17-8-4-9-18(17)16(14)20/h6-7,10,14H,4,8-9H2,1-2H3. The zero-order chi connectivity index (χ0) is 14.3. The second-order valence-electron chi connectivity index (χ2n) is 5.16. The summed E-state index contributed by atoms with van der Waals surface area (Å²) in [6.07, 6.45) is 0.869. The highest BCUT2D eigenvalue weighted by molar-refractivity contribution is 6.10. The number of carbonyl (C=O) groups is 2. The molecule has 1 aromatic rings. The molecule has 3 rings (SSSR count). The first kappa shape index (κ1) is 12.7. The summed E-state index contributed by atoms with van der Waals surface area (Å²) in [5.74, 6) is 4.98. The number of carbonyl (C=O) groups excluding carboxylic acids is 2. The summed E-state index contributed by atoms with van der Waals surface area (Å²) in [5.41, 5.74) is 2.66. The van der Waals surface area contributed by atoms with Crippen LogP contribution in [0.1, 0.15) is 36.0 Å². The average molecular weight is 268 g/mol. The molecule has 2 heterocycles. The molecule has 4 heteroatoms. The molecule has 0 N–H and O–H groups in total. The first-order chi connectivity index (χ1) is 9.63. The van der Waals surface area contributed by atoms with Gasteiger partial charge in [0.1, 0.15) is 5.92 Å². The molecule has 2 aliphatic rings. The summed E-state index contributed by atoms with van der Waals surface area (Å²) in [6.45, 7) is 5.02. The molecule has 20 heavy (non-hydrogen) atoms. The van der Waals surface area contributed by atoms with Crippen LogP contribution in [0, 0.1) is 18.8 Å². The van der Waals surface area contributed by atoms with Crippen LogP contribution in [0.4, 0.5) is 0 Å². The number of aryl methyl sites for hydroxylation is 1. The van der Waals surface area contributed by atoms with E-state index in [1.807, 2.05) is 25.1 Å². The Morgan fingerprint density at radius 2 is 1.80 bits per heavy atom. The lowest BCUT2D eigenvalue weighted by molar-refractivity contribution is -0.141. The lowest BCUT2D eigenvalue weighted by atomic mass is 9.92. The summed E-state index contributed by atoms with van der Waals surface area (Å²) < 4.78 is 0. The Labute approximate surface area is 118 Å². The Balaban J connectivity index is 1.99. The van der Waals surface area contributed by atoms with Crippen LogP contribution < -0.4 is 0 Å². The van der Waals surface area contributed by atoms with Crippen molar-refractivity contribution < 1.29 is 9.59 Å². The Morgan fingerprint density at radius 1 is 1.15 bits per heavy atom. The van der Waals surface area contributed by atoms with E-state index < -0.39 is 5.92 Å². The van der Waals surface area contributed by atoms with Crippen LogP contribution in [0.15, 0.2) is 18.2 Å². The van der Waals surface area contributed by atoms with E-state index in [2.05, 4.69) is 11.8 Å². The van der Waals surface area contributed by atoms with E-state index in [9.17, 15) is 9.59 Å². The van der Waals surface area contributed by atoms with Crippen LogP contribution in [0.25, 0.3) is 0 Å². The van der Waals surface area contributed by atoms with E-state index in [0.717, 1.165) is 23.1 Å². The number of fused-ring (bicyclic) bond motifs is 1. The second-order valence-corrected chi connectivity index (χ2v) is 5.16. The number of nitrogens with zero attached hydrogens (tertiary/aromatic N) is 2. The molecule has 0 saturated carbocycles. The molecule has 0 bridgehead atoms. The minimum atomic E-state index is -0.668. The van der Waals surface area contributed by atoms with Gasteiger partial charge >= 0.3 is 0 Å². The van der Waals surface area contributed by atoms with E-state index >= 15 is 0 Å². The first-order valence-electron chi connectivity index (χ1n) is 6.79. The van der Waals surface area contributed by atoms with Crippen LogP contribution in [-0.2, 0) is 9.59 Å². The summed E-state index contributed by atoms with van der Waals surface area (Å²) in [4.78, 5) is 24.8. The molecule has 4 nitrogen and oxygen atoms in total. The molecule has 2 amide bonds. The van der Waals surface area contributed by atoms with Gasteiger partial charge in [0.2, 0.25) is 0 Å². The Morgan fingerprint density at radius 3 is 2.35 bits per heavy atom. The second kappa shape index (κ2) is 4.68. The lowest BCUT2D eigenvalue weighted by Crippen LogP contribution is -2.33. The van der Waals surface area contributed by atoms with Crippen LogP contribution in [0.5, 0.6) is 0 Å². The minimum Gasteiger partial charge on any atom is -0.272 e. The molecular weight excluding hydrogens is 252 g/mol. The molecular formula is C16H16N2O2. The minimum absolute atomic E-state index is 0.0927. The third kappa shape index (κ3) is 1.78. The molecule has 102 valence electrons. The summed E-state index contributed by atoms with van der Waals surface area (Å²) in [5, 5.41) is 3.18. The molecule has 0 atom stereocenters. The predicted octanol–water partition coefficient (Wildman–Crippen LogP) is 1.44. The largest absolute Gasteiger partial charge is 0.272 e. The van der Waals surface area contributed by atoms with Crippen molar-refractivity contribution in [3.8, 4) is 11.8 Å². The van der Waals surface area contributed by atoms with Crippen LogP contribution in [-0.4, -0.2) is 34.9 Å². The van der Waals surface area contributed by atoms with Crippen LogP contribution in [0.2, 0.25) is 0 Å². The van der Waals surface area contributed by atoms with Crippen LogP contribution in [0.3, 0.4) is 0 Å². The molecule has 2 fully saturated rings. The summed E-state index contributed by atoms with van der Waals surface area (Å²) in [7, 11) is 0. The molecule has 0 radical (unpaired) electrons. The quantitative estimate of drug-likeness (QED) is 0.571. The highest BCUT2D eigenvalue weighted by Gasteiger charge is 2.48. The van der Waals surface area contributed by atoms with Gasteiger partial charge in [-0.15, -0.1) is 5.92 Å². The number of rotatable bonds is 1. The third-order valence-corrected chi connectivity index (χ3v) is 3.88. The zero-order valence-electron chi connectivity index (χ0n) is 11.6. The SMILES string of the molecule is CC#Cc1ccc(C2C(=O)N3CCCN3C2=O)c(C)c1. The molecule has 2 saturated heterocycles. The number of hydrazine groups is 1. The molecule has 0 unspecified atom stereocenters. The maximum atomic E-state index is 12.4. The topological polar surface area (TPSA) is 40.6 Å². The summed E-state index contributed by atoms with van der Waals surface area (Å²) in [6, 6.07) is 5.67. The van der Waals surface area contributed by atoms with E-state index in [1.165, 1.54) is 0 Å². The fraction of sp³-hybridized carbons (Fsp3) is 0.375. The number of benzene rings is 1. The Bertz CT molecular complexity index is 632. The van der Waals surface area contributed by atoms with Crippen LogP contribution >= 0.6 is 0 Å². The highest BCUT2D eigenvalue weighted by Crippen LogP contribution is 2.33. The van der Waals surface area contributed by atoms with Crippen molar-refractivity contribution in [3.05, 3.63) is 34.9 Å². The molecule has 0 spiro atoms. The lowest BCUT2D eigenvalue weighted by Gasteiger charge is -2.16. The number of hydrogen-bond acceptors (Lipinski definition) is 2. The monoisotopic (exact) mass is 268 g/mol. The maximum Gasteiger partial charge on any atom is 0.258 e. The van der Waals surface area contributed by atoms with E-state index in [4.69, 9.17) is 0 Å². The van der Waals surface area contributed by atoms with E-state index in [1.54, 1.807) is 16.9 Å². The summed E-state index contributed by atoms with van der Waals surface area (Å²) >= 11 is 0. The van der Waals surface area contributed by atoms with Crippen molar-refractivity contribution in [2.24, 2.45) is 0 Å². The number of amides is 2. The predicted molar refractivity (Wildman–Crippen MR) is 74.5 cm³/mol. The van der Waals surface area contributed by atoms with Crippen molar-refractivity contribution in [3.63, 3.8) is 0 Å². The Kier molecular flexibility index (Phi) is 2.98. The number of hydrogen-bond donors (Lipinski definition) is 0. The van der Waals surface area contributed by atoms with Gasteiger partial charge in [0, 0.05) is 18.7 Å². The molecule has 0 aromatic heterocycles. The van der Waals surface area contributed by atoms with Crippen molar-refractivity contribution in [1.29, 1.82) is 0 Å². The van der Waals surface area contributed by atoms with Gasteiger partial charge in [-0.25, -0.2) is 0 Å². The van der Waals surface area contributed by atoms with Gasteiger partial charge in [-0.2, -0.15) is 0 Å². The Hall–Kier alpha value is -2.28. The normalized spacial score (nSPS) is 18.3. The zero-order valence-corrected chi connectivity index (χ0v) is 11.6. The molecule has 1 aromatic carbocycles. The smallest absolute Gasteiger partial charge is 0.258 e. The van der Waals surface area contributed by atoms with Gasteiger partial charge < -0.3 is 0 Å². The van der Waals surface area contributed by atoms with Gasteiger partial charge in [-0.1, -0.05) is 12.0 Å². The average Bonchev–Trinajstić information content (AvgIpc) is 2.97. The van der Waals surface area contributed by atoms with E-state index in [0.29, 0.717) is 13.1 Å². The van der Waals surface area contributed by atoms with Crippen molar-refractivity contribution in [2.75, 3.05) is 13.1 Å². The van der Waals surface area contributed by atoms with Crippen molar-refractivity contribution in [1.82, 2.24) is 10.0 Å². The molecule has 0 aliphatic carbocycles. The fourth-order valence-corrected chi connectivity index (χ4v) is 2.96. The van der Waals surface area contributed by atoms with Crippen molar-refractivity contribution >= 4 is 11.8 Å². The molecule has 2 aliphatic heterocycles. The first-order valence-corrected chi connectivity index (χ1v) is 6.79. The maximum absolute atomic E-state index is 12.4. The van der Waals surface area contributed by atoms with Gasteiger partial charge in [-0.05, 0) is 43.5 Å². The third-order valence-electron chi connectivity index (χ3n) is 3.88. The van der Waals surface area contributed by atoms with Gasteiger partial charge in [-0.3, -0.25) is 19.6 Å². The fourth-order valence-electron chi connectivity index (χ4n) is 2.96.